The molecule has 1 amide bonds. The molecule has 0 unspecified atom stereocenters. The van der Waals surface area contributed by atoms with Crippen LogP contribution in [0.25, 0.3) is 11.3 Å². The minimum Gasteiger partial charge on any atom is -0.464 e. The molecule has 0 spiro atoms. The molecule has 2 aromatic rings. The van der Waals surface area contributed by atoms with Crippen LogP contribution in [0.3, 0.4) is 0 Å². The molecule has 0 aliphatic carbocycles. The van der Waals surface area contributed by atoms with Gasteiger partial charge < -0.3 is 15.1 Å². The van der Waals surface area contributed by atoms with E-state index in [0.29, 0.717) is 31.5 Å². The van der Waals surface area contributed by atoms with Gasteiger partial charge in [-0.25, -0.2) is 0 Å². The summed E-state index contributed by atoms with van der Waals surface area (Å²) in [4.78, 5) is 16.8. The van der Waals surface area contributed by atoms with Crippen LogP contribution in [0.5, 0.6) is 0 Å². The Morgan fingerprint density at radius 1 is 1.19 bits per heavy atom. The van der Waals surface area contributed by atoms with Gasteiger partial charge in [0, 0.05) is 50.7 Å². The first kappa shape index (κ1) is 17.3. The van der Waals surface area contributed by atoms with E-state index < -0.39 is 0 Å². The number of nitrogens with two attached hydrogens (primary N) is 1. The number of rotatable bonds is 5. The fourth-order valence-corrected chi connectivity index (χ4v) is 4.52. The lowest BCUT2D eigenvalue weighted by Crippen LogP contribution is -2.56. The van der Waals surface area contributed by atoms with Gasteiger partial charge in [0.05, 0.1) is 6.26 Å². The van der Waals surface area contributed by atoms with Gasteiger partial charge in [-0.2, -0.15) is 0 Å². The number of benzene rings is 1. The van der Waals surface area contributed by atoms with Crippen molar-refractivity contribution in [3.63, 3.8) is 0 Å². The van der Waals surface area contributed by atoms with Crippen molar-refractivity contribution in [2.24, 2.45) is 11.7 Å². The van der Waals surface area contributed by atoms with Gasteiger partial charge in [-0.3, -0.25) is 9.69 Å². The Labute approximate surface area is 154 Å². The summed E-state index contributed by atoms with van der Waals surface area (Å²) < 4.78 is 5.52. The number of hydrogen-bond donors (Lipinski definition) is 1. The lowest BCUT2D eigenvalue weighted by atomic mass is 9.83. The average molecular weight is 353 g/mol. The van der Waals surface area contributed by atoms with Crippen molar-refractivity contribution in [1.82, 2.24) is 9.80 Å². The molecular weight excluding hydrogens is 326 g/mol. The fraction of sp³-hybridized carbons (Fsp3) is 0.476. The summed E-state index contributed by atoms with van der Waals surface area (Å²) in [7, 11) is 0. The molecule has 2 saturated heterocycles. The molecule has 2 aliphatic rings. The largest absolute Gasteiger partial charge is 0.464 e. The minimum absolute atomic E-state index is 0.288. The topological polar surface area (TPSA) is 62.7 Å². The predicted octanol–water partition coefficient (Wildman–Crippen LogP) is 2.72. The van der Waals surface area contributed by atoms with Crippen LogP contribution in [0.1, 0.15) is 24.8 Å². The van der Waals surface area contributed by atoms with E-state index in [0.717, 1.165) is 43.8 Å². The third kappa shape index (κ3) is 3.55. The Bertz CT molecular complexity index is 743. The Kier molecular flexibility index (Phi) is 5.09. The van der Waals surface area contributed by atoms with E-state index in [1.807, 2.05) is 17.0 Å². The number of amides is 1. The van der Waals surface area contributed by atoms with Crippen molar-refractivity contribution in [3.05, 3.63) is 48.2 Å². The van der Waals surface area contributed by atoms with Crippen LogP contribution in [0.15, 0.2) is 47.1 Å². The Morgan fingerprint density at radius 2 is 2.12 bits per heavy atom. The fourth-order valence-electron chi connectivity index (χ4n) is 4.52. The average Bonchev–Trinajstić information content (AvgIpc) is 3.19. The summed E-state index contributed by atoms with van der Waals surface area (Å²) in [5.41, 5.74) is 8.15. The zero-order valence-corrected chi connectivity index (χ0v) is 15.1. The van der Waals surface area contributed by atoms with Gasteiger partial charge in [-0.15, -0.1) is 0 Å². The molecule has 2 aliphatic heterocycles. The zero-order chi connectivity index (χ0) is 17.9. The van der Waals surface area contributed by atoms with E-state index in [9.17, 15) is 4.79 Å². The molecule has 0 radical (unpaired) electrons. The van der Waals surface area contributed by atoms with Crippen LogP contribution >= 0.6 is 0 Å². The van der Waals surface area contributed by atoms with Crippen molar-refractivity contribution in [2.45, 2.75) is 31.8 Å². The Balaban J connectivity index is 1.42. The molecule has 2 fully saturated rings. The Morgan fingerprint density at radius 3 is 2.92 bits per heavy atom. The highest BCUT2D eigenvalue weighted by Crippen LogP contribution is 2.32. The standard InChI is InChI=1S/C21H27N3O2/c22-9-11-24-19-8-10-23(15-18(19)6-7-21(24)25)14-16-3-1-4-17(13-16)20-5-2-12-26-20/h1-5,12-13,18-19H,6-11,14-15,22H2/t18-,19+/m0/s1. The minimum atomic E-state index is 0.288. The number of fused-ring (bicyclic) bond motifs is 1. The normalized spacial score (nSPS) is 23.9. The lowest BCUT2D eigenvalue weighted by Gasteiger charge is -2.47. The second kappa shape index (κ2) is 7.64. The highest BCUT2D eigenvalue weighted by Gasteiger charge is 2.38. The molecule has 138 valence electrons. The number of carbonyl (C=O) groups is 1. The van der Waals surface area contributed by atoms with E-state index in [2.05, 4.69) is 29.2 Å². The maximum absolute atomic E-state index is 12.2. The lowest BCUT2D eigenvalue weighted by molar-refractivity contribution is -0.141. The van der Waals surface area contributed by atoms with Crippen LogP contribution in [0, 0.1) is 5.92 Å². The van der Waals surface area contributed by atoms with Crippen LogP contribution in [0.4, 0.5) is 0 Å². The first-order valence-corrected chi connectivity index (χ1v) is 9.59. The maximum atomic E-state index is 12.2. The van der Waals surface area contributed by atoms with Crippen LogP contribution in [0.2, 0.25) is 0 Å². The molecular formula is C21H27N3O2. The van der Waals surface area contributed by atoms with Gasteiger partial charge in [0.2, 0.25) is 5.91 Å². The van der Waals surface area contributed by atoms with Gasteiger partial charge in [0.15, 0.2) is 0 Å². The molecule has 4 rings (SSSR count). The summed E-state index contributed by atoms with van der Waals surface area (Å²) in [6.07, 6.45) is 4.44. The molecule has 3 heterocycles. The molecule has 5 heteroatoms. The molecule has 1 aromatic heterocycles. The van der Waals surface area contributed by atoms with Crippen molar-refractivity contribution < 1.29 is 9.21 Å². The van der Waals surface area contributed by atoms with E-state index in [-0.39, 0.29) is 5.91 Å². The van der Waals surface area contributed by atoms with Crippen molar-refractivity contribution in [1.29, 1.82) is 0 Å². The van der Waals surface area contributed by atoms with Crippen LogP contribution in [-0.4, -0.2) is 47.9 Å². The summed E-state index contributed by atoms with van der Waals surface area (Å²) in [6, 6.07) is 12.9. The van der Waals surface area contributed by atoms with Crippen molar-refractivity contribution in [3.8, 4) is 11.3 Å². The number of hydrogen-bond acceptors (Lipinski definition) is 4. The molecule has 5 nitrogen and oxygen atoms in total. The first-order valence-electron chi connectivity index (χ1n) is 9.59. The Hall–Kier alpha value is -2.11. The number of nitrogens with zero attached hydrogens (tertiary/aromatic N) is 2. The van der Waals surface area contributed by atoms with Gasteiger partial charge in [-0.05, 0) is 42.5 Å². The second-order valence-corrected chi connectivity index (χ2v) is 7.44. The quantitative estimate of drug-likeness (QED) is 0.898. The van der Waals surface area contributed by atoms with E-state index in [1.54, 1.807) is 6.26 Å². The molecule has 0 bridgehead atoms. The van der Waals surface area contributed by atoms with Crippen LogP contribution in [-0.2, 0) is 11.3 Å². The maximum Gasteiger partial charge on any atom is 0.222 e. The van der Waals surface area contributed by atoms with Crippen molar-refractivity contribution in [2.75, 3.05) is 26.2 Å². The number of furan rings is 1. The predicted molar refractivity (Wildman–Crippen MR) is 101 cm³/mol. The monoisotopic (exact) mass is 353 g/mol. The second-order valence-electron chi connectivity index (χ2n) is 7.44. The highest BCUT2D eigenvalue weighted by molar-refractivity contribution is 5.77. The third-order valence-electron chi connectivity index (χ3n) is 5.74. The number of likely N-dealkylation sites (tertiary alicyclic amines) is 2. The summed E-state index contributed by atoms with van der Waals surface area (Å²) in [5.74, 6) is 1.77. The van der Waals surface area contributed by atoms with Crippen LogP contribution < -0.4 is 5.73 Å². The van der Waals surface area contributed by atoms with Crippen molar-refractivity contribution >= 4 is 5.91 Å². The molecule has 1 aromatic carbocycles. The summed E-state index contributed by atoms with van der Waals surface area (Å²) >= 11 is 0. The van der Waals surface area contributed by atoms with Gasteiger partial charge in [-0.1, -0.05) is 18.2 Å². The van der Waals surface area contributed by atoms with Gasteiger partial charge in [0.1, 0.15) is 5.76 Å². The van der Waals surface area contributed by atoms with E-state index >= 15 is 0 Å². The SMILES string of the molecule is NCCN1C(=O)CC[C@H]2CN(Cc3cccc(-c4ccco4)c3)CC[C@H]21. The number of piperidine rings is 2. The third-order valence-corrected chi connectivity index (χ3v) is 5.74. The van der Waals surface area contributed by atoms with Gasteiger partial charge in [0.25, 0.3) is 0 Å². The van der Waals surface area contributed by atoms with E-state index in [4.69, 9.17) is 10.2 Å². The molecule has 2 atom stereocenters. The smallest absolute Gasteiger partial charge is 0.222 e. The molecule has 2 N–H and O–H groups in total. The van der Waals surface area contributed by atoms with Gasteiger partial charge >= 0.3 is 0 Å². The van der Waals surface area contributed by atoms with E-state index in [1.165, 1.54) is 5.56 Å². The molecule has 0 saturated carbocycles. The zero-order valence-electron chi connectivity index (χ0n) is 15.1. The summed E-state index contributed by atoms with van der Waals surface area (Å²) in [5, 5.41) is 0. The first-order chi connectivity index (χ1) is 12.7. The number of carbonyl (C=O) groups excluding carboxylic acids is 1. The molecule has 26 heavy (non-hydrogen) atoms. The highest BCUT2D eigenvalue weighted by atomic mass is 16.3. The summed E-state index contributed by atoms with van der Waals surface area (Å²) in [6.45, 7) is 4.29.